The molecule has 0 aromatic heterocycles. The lowest BCUT2D eigenvalue weighted by atomic mass is 10.0. The standard InChI is InChI=1S/C14H19ClN2O2/c1-17(9-14(19)6-2-3-7-14)13(18)10-4-5-11(15)12(16)8-10/h4-5,8,19H,2-3,6-7,9,16H2,1H3. The molecule has 19 heavy (non-hydrogen) atoms. The molecule has 0 saturated heterocycles. The smallest absolute Gasteiger partial charge is 0.253 e. The van der Waals surface area contributed by atoms with Crippen LogP contribution < -0.4 is 5.73 Å². The Morgan fingerprint density at radius 2 is 2.11 bits per heavy atom. The molecule has 0 aliphatic heterocycles. The Labute approximate surface area is 118 Å². The van der Waals surface area contributed by atoms with E-state index in [1.165, 1.54) is 0 Å². The summed E-state index contributed by atoms with van der Waals surface area (Å²) in [7, 11) is 1.70. The zero-order chi connectivity index (χ0) is 14.0. The molecular weight excluding hydrogens is 264 g/mol. The largest absolute Gasteiger partial charge is 0.398 e. The second-order valence-electron chi connectivity index (χ2n) is 5.33. The Balaban J connectivity index is 2.08. The lowest BCUT2D eigenvalue weighted by Gasteiger charge is -2.28. The highest BCUT2D eigenvalue weighted by Gasteiger charge is 2.33. The van der Waals surface area contributed by atoms with E-state index in [0.717, 1.165) is 25.7 Å². The number of anilines is 1. The van der Waals surface area contributed by atoms with Gasteiger partial charge in [0.25, 0.3) is 5.91 Å². The van der Waals surface area contributed by atoms with Crippen molar-refractivity contribution in [2.75, 3.05) is 19.3 Å². The first kappa shape index (κ1) is 14.2. The Morgan fingerprint density at radius 3 is 2.68 bits per heavy atom. The number of nitrogen functional groups attached to an aromatic ring is 1. The van der Waals surface area contributed by atoms with Gasteiger partial charge in [-0.2, -0.15) is 0 Å². The van der Waals surface area contributed by atoms with Crippen molar-refractivity contribution in [2.24, 2.45) is 0 Å². The van der Waals surface area contributed by atoms with E-state index in [0.29, 0.717) is 22.8 Å². The van der Waals surface area contributed by atoms with E-state index in [1.54, 1.807) is 30.1 Å². The SMILES string of the molecule is CN(CC1(O)CCCC1)C(=O)c1ccc(Cl)c(N)c1. The first-order chi connectivity index (χ1) is 8.91. The van der Waals surface area contributed by atoms with Crippen molar-refractivity contribution in [3.8, 4) is 0 Å². The van der Waals surface area contributed by atoms with E-state index in [-0.39, 0.29) is 5.91 Å². The molecule has 1 saturated carbocycles. The van der Waals surface area contributed by atoms with Crippen molar-refractivity contribution in [1.29, 1.82) is 0 Å². The minimum Gasteiger partial charge on any atom is -0.398 e. The molecule has 0 bridgehead atoms. The summed E-state index contributed by atoms with van der Waals surface area (Å²) < 4.78 is 0. The fourth-order valence-electron chi connectivity index (χ4n) is 2.60. The van der Waals surface area contributed by atoms with Gasteiger partial charge in [0.05, 0.1) is 16.3 Å². The van der Waals surface area contributed by atoms with Crippen LogP contribution in [0.2, 0.25) is 5.02 Å². The molecule has 5 heteroatoms. The number of nitrogens with two attached hydrogens (primary N) is 1. The Kier molecular flexibility index (Phi) is 4.02. The van der Waals surface area contributed by atoms with Crippen LogP contribution in [0.5, 0.6) is 0 Å². The fourth-order valence-corrected chi connectivity index (χ4v) is 2.72. The molecule has 0 unspecified atom stereocenters. The summed E-state index contributed by atoms with van der Waals surface area (Å²) in [5.74, 6) is -0.149. The summed E-state index contributed by atoms with van der Waals surface area (Å²) in [6.07, 6.45) is 3.56. The number of hydrogen-bond donors (Lipinski definition) is 2. The van der Waals surface area contributed by atoms with Gasteiger partial charge in [-0.05, 0) is 31.0 Å². The third-order valence-electron chi connectivity index (χ3n) is 3.66. The van der Waals surface area contributed by atoms with E-state index >= 15 is 0 Å². The number of rotatable bonds is 3. The van der Waals surface area contributed by atoms with E-state index in [1.807, 2.05) is 0 Å². The molecule has 0 spiro atoms. The summed E-state index contributed by atoms with van der Waals surface area (Å²) in [5.41, 5.74) is 5.84. The molecule has 1 amide bonds. The number of halogens is 1. The first-order valence-corrected chi connectivity index (χ1v) is 6.82. The predicted octanol–water partition coefficient (Wildman–Crippen LogP) is 2.30. The highest BCUT2D eigenvalue weighted by atomic mass is 35.5. The highest BCUT2D eigenvalue weighted by molar-refractivity contribution is 6.33. The topological polar surface area (TPSA) is 66.6 Å². The summed E-state index contributed by atoms with van der Waals surface area (Å²) in [5, 5.41) is 10.8. The average Bonchev–Trinajstić information content (AvgIpc) is 2.78. The summed E-state index contributed by atoms with van der Waals surface area (Å²) in [6, 6.07) is 4.83. The molecule has 1 aliphatic rings. The molecule has 1 aromatic carbocycles. The maximum atomic E-state index is 12.3. The van der Waals surface area contributed by atoms with Crippen molar-refractivity contribution < 1.29 is 9.90 Å². The molecule has 1 aromatic rings. The number of carbonyl (C=O) groups is 1. The van der Waals surface area contributed by atoms with Gasteiger partial charge < -0.3 is 15.7 Å². The number of aliphatic hydroxyl groups is 1. The second-order valence-corrected chi connectivity index (χ2v) is 5.74. The van der Waals surface area contributed by atoms with Crippen LogP contribution in [-0.4, -0.2) is 35.1 Å². The van der Waals surface area contributed by atoms with E-state index in [9.17, 15) is 9.90 Å². The van der Waals surface area contributed by atoms with E-state index < -0.39 is 5.60 Å². The van der Waals surface area contributed by atoms with Crippen LogP contribution in [0.15, 0.2) is 18.2 Å². The number of carbonyl (C=O) groups excluding carboxylic acids is 1. The molecule has 0 atom stereocenters. The molecule has 0 heterocycles. The molecular formula is C14H19ClN2O2. The van der Waals surface area contributed by atoms with Crippen molar-refractivity contribution in [3.05, 3.63) is 28.8 Å². The zero-order valence-corrected chi connectivity index (χ0v) is 11.8. The van der Waals surface area contributed by atoms with Gasteiger partial charge in [0.2, 0.25) is 0 Å². The van der Waals surface area contributed by atoms with Gasteiger partial charge in [0.1, 0.15) is 0 Å². The number of nitrogens with zero attached hydrogens (tertiary/aromatic N) is 1. The third kappa shape index (κ3) is 3.19. The average molecular weight is 283 g/mol. The van der Waals surface area contributed by atoms with Crippen LogP contribution in [0.4, 0.5) is 5.69 Å². The Morgan fingerprint density at radius 1 is 1.47 bits per heavy atom. The lowest BCUT2D eigenvalue weighted by molar-refractivity contribution is 0.0157. The van der Waals surface area contributed by atoms with Crippen LogP contribution >= 0.6 is 11.6 Å². The maximum absolute atomic E-state index is 12.3. The monoisotopic (exact) mass is 282 g/mol. The van der Waals surface area contributed by atoms with E-state index in [2.05, 4.69) is 0 Å². The van der Waals surface area contributed by atoms with Crippen LogP contribution in [0.3, 0.4) is 0 Å². The number of likely N-dealkylation sites (N-methyl/N-ethyl adjacent to an activating group) is 1. The van der Waals surface area contributed by atoms with Crippen molar-refractivity contribution in [1.82, 2.24) is 4.90 Å². The number of hydrogen-bond acceptors (Lipinski definition) is 3. The van der Waals surface area contributed by atoms with Crippen molar-refractivity contribution in [2.45, 2.75) is 31.3 Å². The summed E-state index contributed by atoms with van der Waals surface area (Å²) in [6.45, 7) is 0.356. The van der Waals surface area contributed by atoms with Gasteiger partial charge in [-0.3, -0.25) is 4.79 Å². The molecule has 1 fully saturated rings. The van der Waals surface area contributed by atoms with Gasteiger partial charge in [0, 0.05) is 19.2 Å². The molecule has 3 N–H and O–H groups in total. The van der Waals surface area contributed by atoms with Crippen LogP contribution in [0.25, 0.3) is 0 Å². The Hall–Kier alpha value is -1.26. The van der Waals surface area contributed by atoms with Gasteiger partial charge in [0.15, 0.2) is 0 Å². The molecule has 0 radical (unpaired) electrons. The lowest BCUT2D eigenvalue weighted by Crippen LogP contribution is -2.42. The fraction of sp³-hybridized carbons (Fsp3) is 0.500. The summed E-state index contributed by atoms with van der Waals surface area (Å²) >= 11 is 5.83. The van der Waals surface area contributed by atoms with Crippen LogP contribution in [0, 0.1) is 0 Å². The number of amides is 1. The van der Waals surface area contributed by atoms with Crippen molar-refractivity contribution in [3.63, 3.8) is 0 Å². The Bertz CT molecular complexity index is 484. The minimum atomic E-state index is -0.734. The third-order valence-corrected chi connectivity index (χ3v) is 4.00. The summed E-state index contributed by atoms with van der Waals surface area (Å²) in [4.78, 5) is 13.8. The van der Waals surface area contributed by atoms with Crippen LogP contribution in [-0.2, 0) is 0 Å². The molecule has 4 nitrogen and oxygen atoms in total. The van der Waals surface area contributed by atoms with E-state index in [4.69, 9.17) is 17.3 Å². The van der Waals surface area contributed by atoms with Gasteiger partial charge in [-0.15, -0.1) is 0 Å². The minimum absolute atomic E-state index is 0.149. The highest BCUT2D eigenvalue weighted by Crippen LogP contribution is 2.30. The predicted molar refractivity (Wildman–Crippen MR) is 76.2 cm³/mol. The molecule has 1 aliphatic carbocycles. The van der Waals surface area contributed by atoms with Crippen molar-refractivity contribution >= 4 is 23.2 Å². The van der Waals surface area contributed by atoms with Gasteiger partial charge >= 0.3 is 0 Å². The maximum Gasteiger partial charge on any atom is 0.253 e. The normalized spacial score (nSPS) is 17.4. The zero-order valence-electron chi connectivity index (χ0n) is 11.0. The van der Waals surface area contributed by atoms with Gasteiger partial charge in [-0.25, -0.2) is 0 Å². The van der Waals surface area contributed by atoms with Crippen LogP contribution in [0.1, 0.15) is 36.0 Å². The molecule has 104 valence electrons. The second kappa shape index (κ2) is 5.39. The quantitative estimate of drug-likeness (QED) is 0.836. The number of benzene rings is 1. The molecule has 2 rings (SSSR count). The van der Waals surface area contributed by atoms with Gasteiger partial charge in [-0.1, -0.05) is 24.4 Å². The first-order valence-electron chi connectivity index (χ1n) is 6.44.